The zero-order valence-electron chi connectivity index (χ0n) is 9.78. The van der Waals surface area contributed by atoms with Crippen LogP contribution in [0.5, 0.6) is 5.75 Å². The quantitative estimate of drug-likeness (QED) is 0.866. The van der Waals surface area contributed by atoms with Crippen LogP contribution in [0.2, 0.25) is 0 Å². The fourth-order valence-electron chi connectivity index (χ4n) is 1.90. The maximum atomic E-state index is 11.9. The molecule has 0 aromatic heterocycles. The predicted molar refractivity (Wildman–Crippen MR) is 70.6 cm³/mol. The molecule has 0 saturated heterocycles. The molecular formula is C13H16BrNO2. The molecule has 0 bridgehead atoms. The number of alkyl halides is 1. The van der Waals surface area contributed by atoms with E-state index in [4.69, 9.17) is 4.74 Å². The van der Waals surface area contributed by atoms with Crippen molar-refractivity contribution < 1.29 is 9.53 Å². The molecule has 92 valence electrons. The lowest BCUT2D eigenvalue weighted by Crippen LogP contribution is -2.42. The molecule has 3 nitrogen and oxygen atoms in total. The standard InChI is InChI=1S/C13H16BrNO2/c1-9(6-7-14)15-13(16)12-8-10-4-2-3-5-11(10)17-12/h2-5,9,12H,6-8H2,1H3,(H,15,16). The summed E-state index contributed by atoms with van der Waals surface area (Å²) >= 11 is 3.36. The number of carbonyl (C=O) groups is 1. The Hall–Kier alpha value is -1.03. The van der Waals surface area contributed by atoms with E-state index in [1.54, 1.807) is 0 Å². The minimum absolute atomic E-state index is 0.0188. The second kappa shape index (κ2) is 5.54. The van der Waals surface area contributed by atoms with Crippen molar-refractivity contribution in [3.63, 3.8) is 0 Å². The third-order valence-corrected chi connectivity index (χ3v) is 3.33. The molecule has 1 N–H and O–H groups in total. The number of ether oxygens (including phenoxy) is 1. The van der Waals surface area contributed by atoms with Crippen LogP contribution in [0.15, 0.2) is 24.3 Å². The maximum absolute atomic E-state index is 11.9. The zero-order valence-corrected chi connectivity index (χ0v) is 11.4. The third-order valence-electron chi connectivity index (χ3n) is 2.87. The van der Waals surface area contributed by atoms with Gasteiger partial charge in [0, 0.05) is 17.8 Å². The average molecular weight is 298 g/mol. The van der Waals surface area contributed by atoms with E-state index in [0.717, 1.165) is 23.1 Å². The molecular weight excluding hydrogens is 282 g/mol. The number of benzene rings is 1. The van der Waals surface area contributed by atoms with Gasteiger partial charge < -0.3 is 10.1 Å². The van der Waals surface area contributed by atoms with Gasteiger partial charge in [0.05, 0.1) is 0 Å². The van der Waals surface area contributed by atoms with Crippen LogP contribution in [0, 0.1) is 0 Å². The normalized spacial score (nSPS) is 19.3. The van der Waals surface area contributed by atoms with Crippen molar-refractivity contribution in [3.8, 4) is 5.75 Å². The Kier molecular flexibility index (Phi) is 4.05. The van der Waals surface area contributed by atoms with Crippen LogP contribution in [-0.4, -0.2) is 23.4 Å². The Morgan fingerprint density at radius 3 is 3.06 bits per heavy atom. The van der Waals surface area contributed by atoms with Gasteiger partial charge in [0.25, 0.3) is 5.91 Å². The fourth-order valence-corrected chi connectivity index (χ4v) is 2.59. The van der Waals surface area contributed by atoms with Gasteiger partial charge in [-0.3, -0.25) is 4.79 Å². The van der Waals surface area contributed by atoms with Gasteiger partial charge in [-0.15, -0.1) is 0 Å². The van der Waals surface area contributed by atoms with Crippen molar-refractivity contribution in [2.75, 3.05) is 5.33 Å². The number of nitrogens with one attached hydrogen (secondary N) is 1. The van der Waals surface area contributed by atoms with Crippen molar-refractivity contribution >= 4 is 21.8 Å². The molecule has 4 heteroatoms. The molecule has 0 aliphatic carbocycles. The summed E-state index contributed by atoms with van der Waals surface area (Å²) in [7, 11) is 0. The molecule has 2 unspecified atom stereocenters. The van der Waals surface area contributed by atoms with Crippen LogP contribution < -0.4 is 10.1 Å². The molecule has 0 spiro atoms. The first-order valence-corrected chi connectivity index (χ1v) is 6.93. The Balaban J connectivity index is 1.92. The van der Waals surface area contributed by atoms with E-state index in [1.807, 2.05) is 31.2 Å². The highest BCUT2D eigenvalue weighted by Gasteiger charge is 2.29. The van der Waals surface area contributed by atoms with Gasteiger partial charge in [0.15, 0.2) is 6.10 Å². The molecule has 17 heavy (non-hydrogen) atoms. The highest BCUT2D eigenvalue weighted by molar-refractivity contribution is 9.09. The number of carbonyl (C=O) groups excluding carboxylic acids is 1. The van der Waals surface area contributed by atoms with Crippen molar-refractivity contribution in [3.05, 3.63) is 29.8 Å². The SMILES string of the molecule is CC(CCBr)NC(=O)C1Cc2ccccc2O1. The summed E-state index contributed by atoms with van der Waals surface area (Å²) in [5, 5.41) is 3.85. The topological polar surface area (TPSA) is 38.3 Å². The molecule has 0 radical (unpaired) electrons. The van der Waals surface area contributed by atoms with E-state index in [0.29, 0.717) is 6.42 Å². The fraction of sp³-hybridized carbons (Fsp3) is 0.462. The summed E-state index contributed by atoms with van der Waals surface area (Å²) < 4.78 is 5.62. The second-order valence-electron chi connectivity index (χ2n) is 4.31. The summed E-state index contributed by atoms with van der Waals surface area (Å²) in [4.78, 5) is 11.9. The molecule has 0 saturated carbocycles. The lowest BCUT2D eigenvalue weighted by atomic mass is 10.1. The van der Waals surface area contributed by atoms with Crippen molar-refractivity contribution in [2.24, 2.45) is 0 Å². The minimum atomic E-state index is -0.370. The Labute approximate surface area is 110 Å². The Bertz CT molecular complexity index is 383. The van der Waals surface area contributed by atoms with Crippen molar-refractivity contribution in [1.29, 1.82) is 0 Å². The molecule has 1 aliphatic rings. The smallest absolute Gasteiger partial charge is 0.261 e. The van der Waals surface area contributed by atoms with Crippen molar-refractivity contribution in [2.45, 2.75) is 31.9 Å². The van der Waals surface area contributed by atoms with Crippen LogP contribution in [0.25, 0.3) is 0 Å². The molecule has 1 aromatic rings. The number of halogens is 1. The molecule has 2 rings (SSSR count). The average Bonchev–Trinajstić information content (AvgIpc) is 2.72. The number of hydrogen-bond donors (Lipinski definition) is 1. The number of hydrogen-bond acceptors (Lipinski definition) is 2. The van der Waals surface area contributed by atoms with Crippen LogP contribution >= 0.6 is 15.9 Å². The van der Waals surface area contributed by atoms with Gasteiger partial charge in [-0.25, -0.2) is 0 Å². The van der Waals surface area contributed by atoms with E-state index in [1.165, 1.54) is 0 Å². The van der Waals surface area contributed by atoms with Crippen LogP contribution in [0.3, 0.4) is 0 Å². The summed E-state index contributed by atoms with van der Waals surface area (Å²) in [6.45, 7) is 2.00. The summed E-state index contributed by atoms with van der Waals surface area (Å²) in [6.07, 6.45) is 1.22. The first-order chi connectivity index (χ1) is 8.20. The lowest BCUT2D eigenvalue weighted by Gasteiger charge is -2.16. The molecule has 1 aromatic carbocycles. The summed E-state index contributed by atoms with van der Waals surface area (Å²) in [5.74, 6) is 0.815. The van der Waals surface area contributed by atoms with Gasteiger partial charge in [-0.2, -0.15) is 0 Å². The number of para-hydroxylation sites is 1. The minimum Gasteiger partial charge on any atom is -0.480 e. The van der Waals surface area contributed by atoms with E-state index in [9.17, 15) is 4.79 Å². The Morgan fingerprint density at radius 1 is 1.59 bits per heavy atom. The Morgan fingerprint density at radius 2 is 2.35 bits per heavy atom. The van der Waals surface area contributed by atoms with E-state index in [-0.39, 0.29) is 18.1 Å². The predicted octanol–water partition coefficient (Wildman–Crippen LogP) is 2.28. The molecule has 0 fully saturated rings. The highest BCUT2D eigenvalue weighted by atomic mass is 79.9. The maximum Gasteiger partial charge on any atom is 0.261 e. The number of rotatable bonds is 4. The van der Waals surface area contributed by atoms with Gasteiger partial charge in [-0.1, -0.05) is 34.1 Å². The van der Waals surface area contributed by atoms with Gasteiger partial charge in [0.1, 0.15) is 5.75 Å². The second-order valence-corrected chi connectivity index (χ2v) is 5.10. The van der Waals surface area contributed by atoms with Crippen LogP contribution in [0.4, 0.5) is 0 Å². The molecule has 2 atom stereocenters. The summed E-state index contributed by atoms with van der Waals surface area (Å²) in [6, 6.07) is 7.98. The monoisotopic (exact) mass is 297 g/mol. The van der Waals surface area contributed by atoms with Gasteiger partial charge >= 0.3 is 0 Å². The zero-order chi connectivity index (χ0) is 12.3. The number of amides is 1. The first-order valence-electron chi connectivity index (χ1n) is 5.81. The first kappa shape index (κ1) is 12.4. The third kappa shape index (κ3) is 3.00. The molecule has 1 heterocycles. The van der Waals surface area contributed by atoms with E-state index >= 15 is 0 Å². The largest absolute Gasteiger partial charge is 0.480 e. The van der Waals surface area contributed by atoms with Gasteiger partial charge in [-0.05, 0) is 25.0 Å². The van der Waals surface area contributed by atoms with Crippen molar-refractivity contribution in [1.82, 2.24) is 5.32 Å². The van der Waals surface area contributed by atoms with E-state index < -0.39 is 0 Å². The highest BCUT2D eigenvalue weighted by Crippen LogP contribution is 2.28. The van der Waals surface area contributed by atoms with E-state index in [2.05, 4.69) is 21.2 Å². The summed E-state index contributed by atoms with van der Waals surface area (Å²) in [5.41, 5.74) is 1.11. The van der Waals surface area contributed by atoms with Crippen LogP contribution in [0.1, 0.15) is 18.9 Å². The molecule has 1 aliphatic heterocycles. The van der Waals surface area contributed by atoms with Crippen LogP contribution in [-0.2, 0) is 11.2 Å². The number of fused-ring (bicyclic) bond motifs is 1. The lowest BCUT2D eigenvalue weighted by molar-refractivity contribution is -0.127. The van der Waals surface area contributed by atoms with Gasteiger partial charge in [0.2, 0.25) is 0 Å². The molecule has 1 amide bonds.